The second-order valence-electron chi connectivity index (χ2n) is 5.99. The van der Waals surface area contributed by atoms with Crippen LogP contribution in [-0.2, 0) is 14.3 Å². The number of hydrogen-bond donors (Lipinski definition) is 2. The molecule has 0 heterocycles. The van der Waals surface area contributed by atoms with Gasteiger partial charge in [0.05, 0.1) is 6.42 Å². The van der Waals surface area contributed by atoms with E-state index in [-0.39, 0.29) is 12.5 Å². The molecule has 0 spiro atoms. The lowest BCUT2D eigenvalue weighted by Gasteiger charge is -2.15. The summed E-state index contributed by atoms with van der Waals surface area (Å²) in [7, 11) is 0. The molecule has 1 aromatic carbocycles. The monoisotopic (exact) mass is 364 g/mol. The van der Waals surface area contributed by atoms with Crippen molar-refractivity contribution in [3.8, 4) is 0 Å². The minimum absolute atomic E-state index is 0.126. The summed E-state index contributed by atoms with van der Waals surface area (Å²) in [6.45, 7) is 1.46. The van der Waals surface area contributed by atoms with Gasteiger partial charge in [-0.1, -0.05) is 31.0 Å². The van der Waals surface area contributed by atoms with Crippen LogP contribution in [0.25, 0.3) is 0 Å². The summed E-state index contributed by atoms with van der Waals surface area (Å²) in [4.78, 5) is 36.5. The molecular formula is C18H24N2O4S. The highest BCUT2D eigenvalue weighted by Gasteiger charge is 2.22. The Bertz CT molecular complexity index is 588. The third-order valence-corrected chi connectivity index (χ3v) is 4.94. The molecule has 0 saturated heterocycles. The van der Waals surface area contributed by atoms with Crippen molar-refractivity contribution < 1.29 is 19.1 Å². The predicted molar refractivity (Wildman–Crippen MR) is 96.3 cm³/mol. The smallest absolute Gasteiger partial charge is 0.321 e. The molecule has 7 heteroatoms. The van der Waals surface area contributed by atoms with Crippen LogP contribution >= 0.6 is 11.8 Å². The summed E-state index contributed by atoms with van der Waals surface area (Å²) in [6, 6.07) is 9.33. The van der Waals surface area contributed by atoms with E-state index in [1.807, 2.05) is 30.3 Å². The summed E-state index contributed by atoms with van der Waals surface area (Å²) in [5.41, 5.74) is 0. The van der Waals surface area contributed by atoms with Gasteiger partial charge in [-0.2, -0.15) is 0 Å². The second kappa shape index (κ2) is 10.1. The number of esters is 1. The van der Waals surface area contributed by atoms with Crippen molar-refractivity contribution in [2.75, 3.05) is 5.75 Å². The normalized spacial score (nSPS) is 15.4. The molecule has 1 aromatic rings. The first-order valence-electron chi connectivity index (χ1n) is 8.53. The lowest BCUT2D eigenvalue weighted by Crippen LogP contribution is -2.47. The molecule has 1 atom stereocenters. The van der Waals surface area contributed by atoms with Gasteiger partial charge in [-0.05, 0) is 31.9 Å². The number of nitrogens with one attached hydrogen (secondary N) is 2. The van der Waals surface area contributed by atoms with Crippen molar-refractivity contribution in [1.82, 2.24) is 10.6 Å². The van der Waals surface area contributed by atoms with Crippen LogP contribution in [0.5, 0.6) is 0 Å². The van der Waals surface area contributed by atoms with Gasteiger partial charge in [-0.3, -0.25) is 14.9 Å². The molecule has 1 fully saturated rings. The maximum absolute atomic E-state index is 11.9. The van der Waals surface area contributed by atoms with Crippen molar-refractivity contribution >= 4 is 29.7 Å². The fourth-order valence-electron chi connectivity index (χ4n) is 2.58. The third-order valence-electron chi connectivity index (χ3n) is 3.92. The molecule has 0 radical (unpaired) electrons. The lowest BCUT2D eigenvalue weighted by atomic mass is 10.2. The van der Waals surface area contributed by atoms with Crippen LogP contribution in [0.1, 0.15) is 39.0 Å². The van der Waals surface area contributed by atoms with E-state index >= 15 is 0 Å². The van der Waals surface area contributed by atoms with Gasteiger partial charge in [0.15, 0.2) is 6.10 Å². The van der Waals surface area contributed by atoms with Gasteiger partial charge in [0.25, 0.3) is 5.91 Å². The molecule has 6 nitrogen and oxygen atoms in total. The van der Waals surface area contributed by atoms with Crippen molar-refractivity contribution in [2.24, 2.45) is 0 Å². The Morgan fingerprint density at radius 3 is 2.56 bits per heavy atom. The Morgan fingerprint density at radius 1 is 1.20 bits per heavy atom. The highest BCUT2D eigenvalue weighted by atomic mass is 32.2. The van der Waals surface area contributed by atoms with Crippen LogP contribution in [0.15, 0.2) is 35.2 Å². The van der Waals surface area contributed by atoms with Crippen molar-refractivity contribution in [3.63, 3.8) is 0 Å². The van der Waals surface area contributed by atoms with Crippen LogP contribution in [0, 0.1) is 0 Å². The van der Waals surface area contributed by atoms with Crippen molar-refractivity contribution in [2.45, 2.75) is 56.1 Å². The summed E-state index contributed by atoms with van der Waals surface area (Å²) in [5, 5.41) is 4.98. The van der Waals surface area contributed by atoms with Crippen LogP contribution in [-0.4, -0.2) is 35.8 Å². The fourth-order valence-corrected chi connectivity index (χ4v) is 3.44. The number of thioether (sulfide) groups is 1. The first-order chi connectivity index (χ1) is 12.0. The highest BCUT2D eigenvalue weighted by molar-refractivity contribution is 7.99. The molecule has 1 saturated carbocycles. The molecule has 2 rings (SSSR count). The maximum Gasteiger partial charge on any atom is 0.321 e. The van der Waals surface area contributed by atoms with Gasteiger partial charge >= 0.3 is 12.0 Å². The number of carbonyl (C=O) groups is 3. The molecular weight excluding hydrogens is 340 g/mol. The van der Waals surface area contributed by atoms with Crippen LogP contribution in [0.2, 0.25) is 0 Å². The third kappa shape index (κ3) is 7.17. The zero-order chi connectivity index (χ0) is 18.1. The SMILES string of the molecule is CC(OC(=O)CCSc1ccccc1)C(=O)NC(=O)NC1CCCC1. The van der Waals surface area contributed by atoms with Gasteiger partial charge < -0.3 is 10.1 Å². The van der Waals surface area contributed by atoms with Crippen molar-refractivity contribution in [1.29, 1.82) is 0 Å². The van der Waals surface area contributed by atoms with Crippen LogP contribution < -0.4 is 10.6 Å². The van der Waals surface area contributed by atoms with Gasteiger partial charge in [0.2, 0.25) is 0 Å². The Hall–Kier alpha value is -2.02. The number of imide groups is 1. The van der Waals surface area contributed by atoms with Gasteiger partial charge in [0, 0.05) is 16.7 Å². The van der Waals surface area contributed by atoms with Gasteiger partial charge in [0.1, 0.15) is 0 Å². The zero-order valence-electron chi connectivity index (χ0n) is 14.3. The molecule has 136 valence electrons. The number of amides is 3. The molecule has 0 aromatic heterocycles. The number of urea groups is 1. The number of rotatable bonds is 7. The number of hydrogen-bond acceptors (Lipinski definition) is 5. The van der Waals surface area contributed by atoms with Crippen LogP contribution in [0.4, 0.5) is 4.79 Å². The summed E-state index contributed by atoms with van der Waals surface area (Å²) in [5.74, 6) is -0.499. The van der Waals surface area contributed by atoms with E-state index in [2.05, 4.69) is 10.6 Å². The van der Waals surface area contributed by atoms with E-state index in [4.69, 9.17) is 4.74 Å². The first kappa shape index (κ1) is 19.3. The first-order valence-corrected chi connectivity index (χ1v) is 9.52. The average Bonchev–Trinajstić information content (AvgIpc) is 3.08. The largest absolute Gasteiger partial charge is 0.453 e. The summed E-state index contributed by atoms with van der Waals surface area (Å²) >= 11 is 1.55. The molecule has 0 aliphatic heterocycles. The summed E-state index contributed by atoms with van der Waals surface area (Å²) < 4.78 is 5.08. The average molecular weight is 364 g/mol. The number of ether oxygens (including phenoxy) is 1. The minimum Gasteiger partial charge on any atom is -0.453 e. The maximum atomic E-state index is 11.9. The number of carbonyl (C=O) groups excluding carboxylic acids is 3. The lowest BCUT2D eigenvalue weighted by molar-refractivity contribution is -0.154. The van der Waals surface area contributed by atoms with E-state index in [0.29, 0.717) is 5.75 Å². The quantitative estimate of drug-likeness (QED) is 0.574. The van der Waals surface area contributed by atoms with E-state index < -0.39 is 24.0 Å². The molecule has 0 bridgehead atoms. The Balaban J connectivity index is 1.63. The molecule has 3 amide bonds. The fraction of sp³-hybridized carbons (Fsp3) is 0.500. The van der Waals surface area contributed by atoms with Crippen molar-refractivity contribution in [3.05, 3.63) is 30.3 Å². The zero-order valence-corrected chi connectivity index (χ0v) is 15.1. The standard InChI is InChI=1S/C18H24N2O4S/c1-13(17(22)20-18(23)19-14-7-5-6-8-14)24-16(21)11-12-25-15-9-3-2-4-10-15/h2-4,9-10,13-14H,5-8,11-12H2,1H3,(H2,19,20,22,23). The second-order valence-corrected chi connectivity index (χ2v) is 7.16. The predicted octanol–water partition coefficient (Wildman–Crippen LogP) is 2.87. The Labute approximate surface area is 152 Å². The van der Waals surface area contributed by atoms with Gasteiger partial charge in [-0.25, -0.2) is 4.79 Å². The number of benzene rings is 1. The van der Waals surface area contributed by atoms with E-state index in [1.54, 1.807) is 11.8 Å². The van der Waals surface area contributed by atoms with E-state index in [1.165, 1.54) is 6.92 Å². The summed E-state index contributed by atoms with van der Waals surface area (Å²) in [6.07, 6.45) is 3.26. The highest BCUT2D eigenvalue weighted by Crippen LogP contribution is 2.18. The molecule has 1 aliphatic rings. The van der Waals surface area contributed by atoms with E-state index in [0.717, 1.165) is 30.6 Å². The topological polar surface area (TPSA) is 84.5 Å². The van der Waals surface area contributed by atoms with E-state index in [9.17, 15) is 14.4 Å². The molecule has 25 heavy (non-hydrogen) atoms. The molecule has 1 aliphatic carbocycles. The Morgan fingerprint density at radius 2 is 1.88 bits per heavy atom. The minimum atomic E-state index is -0.997. The van der Waals surface area contributed by atoms with Gasteiger partial charge in [-0.15, -0.1) is 11.8 Å². The van der Waals surface area contributed by atoms with Crippen LogP contribution in [0.3, 0.4) is 0 Å². The molecule has 2 N–H and O–H groups in total. The molecule has 1 unspecified atom stereocenters. The Kier molecular flexibility index (Phi) is 7.78.